The van der Waals surface area contributed by atoms with Gasteiger partial charge in [-0.3, -0.25) is 0 Å². The average molecular weight is 381 g/mol. The van der Waals surface area contributed by atoms with Gasteiger partial charge < -0.3 is 24.1 Å². The quantitative estimate of drug-likeness (QED) is 0.856. The van der Waals surface area contributed by atoms with E-state index in [1.54, 1.807) is 38.3 Å². The van der Waals surface area contributed by atoms with Crippen LogP contribution in [0.4, 0.5) is 0 Å². The first-order chi connectivity index (χ1) is 11.1. The van der Waals surface area contributed by atoms with Gasteiger partial charge in [0.05, 0.1) is 7.11 Å². The SMILES string of the molecule is COc1cc(Br)ccc1O[C@H](C)[C@H](O)c1ccc2c(c1)OCO2. The van der Waals surface area contributed by atoms with Crippen LogP contribution >= 0.6 is 15.9 Å². The van der Waals surface area contributed by atoms with Gasteiger partial charge in [0.25, 0.3) is 0 Å². The normalized spacial score (nSPS) is 15.1. The zero-order valence-electron chi connectivity index (χ0n) is 12.8. The average Bonchev–Trinajstić information content (AvgIpc) is 3.03. The maximum atomic E-state index is 10.5. The Kier molecular flexibility index (Phi) is 4.63. The number of aliphatic hydroxyl groups is 1. The predicted octanol–water partition coefficient (Wildman–Crippen LogP) is 3.69. The summed E-state index contributed by atoms with van der Waals surface area (Å²) < 4.78 is 22.7. The maximum absolute atomic E-state index is 10.5. The van der Waals surface area contributed by atoms with Crippen molar-refractivity contribution in [1.29, 1.82) is 0 Å². The van der Waals surface area contributed by atoms with E-state index in [1.165, 1.54) is 0 Å². The fourth-order valence-corrected chi connectivity index (χ4v) is 2.71. The van der Waals surface area contributed by atoms with Gasteiger partial charge in [0.2, 0.25) is 6.79 Å². The van der Waals surface area contributed by atoms with Gasteiger partial charge in [0.15, 0.2) is 23.0 Å². The predicted molar refractivity (Wildman–Crippen MR) is 88.3 cm³/mol. The summed E-state index contributed by atoms with van der Waals surface area (Å²) in [5.74, 6) is 2.49. The van der Waals surface area contributed by atoms with Gasteiger partial charge >= 0.3 is 0 Å². The highest BCUT2D eigenvalue weighted by Gasteiger charge is 2.22. The third-order valence-electron chi connectivity index (χ3n) is 3.62. The molecule has 0 amide bonds. The minimum Gasteiger partial charge on any atom is -0.493 e. The van der Waals surface area contributed by atoms with Crippen LogP contribution in [0.5, 0.6) is 23.0 Å². The van der Waals surface area contributed by atoms with Crippen molar-refractivity contribution in [2.24, 2.45) is 0 Å². The zero-order valence-corrected chi connectivity index (χ0v) is 14.4. The lowest BCUT2D eigenvalue weighted by Crippen LogP contribution is -2.22. The van der Waals surface area contributed by atoms with E-state index >= 15 is 0 Å². The zero-order chi connectivity index (χ0) is 16.4. The Labute approximate surface area is 142 Å². The van der Waals surface area contributed by atoms with E-state index in [9.17, 15) is 5.11 Å². The Morgan fingerprint density at radius 1 is 1.09 bits per heavy atom. The van der Waals surface area contributed by atoms with Gasteiger partial charge in [-0.05, 0) is 42.8 Å². The molecular formula is C17H17BrO5. The minimum absolute atomic E-state index is 0.205. The van der Waals surface area contributed by atoms with Crippen LogP contribution in [-0.4, -0.2) is 25.1 Å². The molecule has 0 aliphatic carbocycles. The van der Waals surface area contributed by atoms with E-state index in [1.807, 2.05) is 12.1 Å². The summed E-state index contributed by atoms with van der Waals surface area (Å²) in [7, 11) is 1.58. The highest BCUT2D eigenvalue weighted by molar-refractivity contribution is 9.10. The maximum Gasteiger partial charge on any atom is 0.231 e. The van der Waals surface area contributed by atoms with Crippen molar-refractivity contribution in [1.82, 2.24) is 0 Å². The Bertz CT molecular complexity index is 703. The molecule has 1 aliphatic rings. The lowest BCUT2D eigenvalue weighted by atomic mass is 10.0. The molecule has 3 rings (SSSR count). The second-order valence-corrected chi connectivity index (χ2v) is 6.09. The van der Waals surface area contributed by atoms with Crippen LogP contribution in [-0.2, 0) is 0 Å². The van der Waals surface area contributed by atoms with Crippen molar-refractivity contribution >= 4 is 15.9 Å². The third-order valence-corrected chi connectivity index (χ3v) is 4.11. The highest BCUT2D eigenvalue weighted by Crippen LogP contribution is 2.36. The van der Waals surface area contributed by atoms with Crippen molar-refractivity contribution in [2.75, 3.05) is 13.9 Å². The fourth-order valence-electron chi connectivity index (χ4n) is 2.37. The van der Waals surface area contributed by atoms with Gasteiger partial charge in [-0.1, -0.05) is 22.0 Å². The van der Waals surface area contributed by atoms with Gasteiger partial charge in [-0.2, -0.15) is 0 Å². The van der Waals surface area contributed by atoms with Crippen LogP contribution in [0.15, 0.2) is 40.9 Å². The Morgan fingerprint density at radius 3 is 2.65 bits per heavy atom. The molecule has 0 saturated carbocycles. The molecule has 2 atom stereocenters. The van der Waals surface area contributed by atoms with Crippen molar-refractivity contribution in [3.63, 3.8) is 0 Å². The lowest BCUT2D eigenvalue weighted by molar-refractivity contribution is 0.0450. The van der Waals surface area contributed by atoms with Crippen LogP contribution in [0.2, 0.25) is 0 Å². The molecule has 0 bridgehead atoms. The molecule has 2 aromatic rings. The van der Waals surface area contributed by atoms with E-state index in [2.05, 4.69) is 15.9 Å². The van der Waals surface area contributed by atoms with Gasteiger partial charge in [-0.25, -0.2) is 0 Å². The van der Waals surface area contributed by atoms with Crippen LogP contribution < -0.4 is 18.9 Å². The molecule has 1 heterocycles. The number of hydrogen-bond donors (Lipinski definition) is 1. The van der Waals surface area contributed by atoms with Crippen LogP contribution in [0.25, 0.3) is 0 Å². The van der Waals surface area contributed by atoms with Crippen molar-refractivity contribution in [3.8, 4) is 23.0 Å². The van der Waals surface area contributed by atoms with E-state index in [-0.39, 0.29) is 6.79 Å². The molecule has 0 fully saturated rings. The molecule has 1 N–H and O–H groups in total. The molecule has 5 nitrogen and oxygen atoms in total. The van der Waals surface area contributed by atoms with Gasteiger partial charge in [0.1, 0.15) is 12.2 Å². The molecule has 0 radical (unpaired) electrons. The number of benzene rings is 2. The first-order valence-corrected chi connectivity index (χ1v) is 7.95. The Morgan fingerprint density at radius 2 is 1.87 bits per heavy atom. The van der Waals surface area contributed by atoms with E-state index < -0.39 is 12.2 Å². The molecular weight excluding hydrogens is 364 g/mol. The summed E-state index contributed by atoms with van der Waals surface area (Å²) in [5.41, 5.74) is 0.706. The van der Waals surface area contributed by atoms with Crippen molar-refractivity contribution in [3.05, 3.63) is 46.4 Å². The fraction of sp³-hybridized carbons (Fsp3) is 0.294. The van der Waals surface area contributed by atoms with Crippen molar-refractivity contribution < 1.29 is 24.1 Å². The minimum atomic E-state index is -0.808. The van der Waals surface area contributed by atoms with E-state index in [4.69, 9.17) is 18.9 Å². The van der Waals surface area contributed by atoms with Crippen LogP contribution in [0.1, 0.15) is 18.6 Å². The number of ether oxygens (including phenoxy) is 4. The van der Waals surface area contributed by atoms with Gasteiger partial charge in [0, 0.05) is 4.47 Å². The number of methoxy groups -OCH3 is 1. The Balaban J connectivity index is 1.76. The molecule has 6 heteroatoms. The second kappa shape index (κ2) is 6.68. The lowest BCUT2D eigenvalue weighted by Gasteiger charge is -2.22. The standard InChI is InChI=1S/C17H17BrO5/c1-10(23-14-6-4-12(18)8-15(14)20-2)17(19)11-3-5-13-16(7-11)22-9-21-13/h3-8,10,17,19H,9H2,1-2H3/t10-,17+/m1/s1. The first kappa shape index (κ1) is 16.0. The summed E-state index contributed by atoms with van der Waals surface area (Å²) >= 11 is 3.39. The van der Waals surface area contributed by atoms with Gasteiger partial charge in [-0.15, -0.1) is 0 Å². The molecule has 0 aromatic heterocycles. The molecule has 0 spiro atoms. The molecule has 2 aromatic carbocycles. The molecule has 0 unspecified atom stereocenters. The smallest absolute Gasteiger partial charge is 0.231 e. The molecule has 0 saturated heterocycles. The second-order valence-electron chi connectivity index (χ2n) is 5.18. The van der Waals surface area contributed by atoms with Crippen LogP contribution in [0.3, 0.4) is 0 Å². The largest absolute Gasteiger partial charge is 0.493 e. The molecule has 122 valence electrons. The van der Waals surface area contributed by atoms with Crippen LogP contribution in [0, 0.1) is 0 Å². The van der Waals surface area contributed by atoms with Crippen molar-refractivity contribution in [2.45, 2.75) is 19.1 Å². The summed E-state index contributed by atoms with van der Waals surface area (Å²) in [5, 5.41) is 10.5. The van der Waals surface area contributed by atoms with E-state index in [0.29, 0.717) is 28.6 Å². The number of hydrogen-bond acceptors (Lipinski definition) is 5. The number of halogens is 1. The Hall–Kier alpha value is -1.92. The van der Waals surface area contributed by atoms with E-state index in [0.717, 1.165) is 4.47 Å². The summed E-state index contributed by atoms with van der Waals surface area (Å²) in [4.78, 5) is 0. The molecule has 23 heavy (non-hydrogen) atoms. The number of rotatable bonds is 5. The number of aliphatic hydroxyl groups excluding tert-OH is 1. The summed E-state index contributed by atoms with van der Waals surface area (Å²) in [6.45, 7) is 2.01. The summed E-state index contributed by atoms with van der Waals surface area (Å²) in [6, 6.07) is 10.8. The summed E-state index contributed by atoms with van der Waals surface area (Å²) in [6.07, 6.45) is -1.27. The number of fused-ring (bicyclic) bond motifs is 1. The highest BCUT2D eigenvalue weighted by atomic mass is 79.9. The topological polar surface area (TPSA) is 57.2 Å². The molecule has 1 aliphatic heterocycles. The first-order valence-electron chi connectivity index (χ1n) is 7.16. The third kappa shape index (κ3) is 3.38. The monoisotopic (exact) mass is 380 g/mol.